The van der Waals surface area contributed by atoms with Crippen molar-refractivity contribution < 1.29 is 4.74 Å². The van der Waals surface area contributed by atoms with Crippen LogP contribution in [0.3, 0.4) is 0 Å². The monoisotopic (exact) mass is 530 g/mol. The van der Waals surface area contributed by atoms with Gasteiger partial charge in [-0.15, -0.1) is 16.6 Å². The standard InChI is InChI=1S/C31H30N8O/c1-2-18-40-31(28(32)20-33-19-25-12-6-3-7-13-25,29-23-38(36-34-29)21-26-14-8-4-9-15-26)30-24-39(37-35-30)22-27-16-10-5-11-17-27/h1,3-17,20,23-24,33H,18-19,21-22,32H2/b28-20-. The van der Waals surface area contributed by atoms with Gasteiger partial charge in [-0.1, -0.05) is 107 Å². The van der Waals surface area contributed by atoms with Crippen LogP contribution >= 0.6 is 0 Å². The van der Waals surface area contributed by atoms with E-state index in [9.17, 15) is 0 Å². The number of aromatic nitrogens is 6. The molecule has 0 radical (unpaired) electrons. The SMILES string of the molecule is C#CCOC(/C(N)=C/NCc1ccccc1)(c1cn(Cc2ccccc2)nn1)c1cn(Cc2ccccc2)nn1. The van der Waals surface area contributed by atoms with Crippen LogP contribution < -0.4 is 11.1 Å². The molecule has 0 amide bonds. The number of rotatable bonds is 12. The molecular formula is C31H30N8O. The average Bonchev–Trinajstić information content (AvgIpc) is 3.66. The highest BCUT2D eigenvalue weighted by Crippen LogP contribution is 2.36. The van der Waals surface area contributed by atoms with Crippen molar-refractivity contribution in [1.82, 2.24) is 35.3 Å². The summed E-state index contributed by atoms with van der Waals surface area (Å²) in [7, 11) is 0. The van der Waals surface area contributed by atoms with E-state index in [2.05, 4.69) is 31.9 Å². The number of nitrogens with one attached hydrogen (secondary N) is 1. The number of nitrogens with zero attached hydrogens (tertiary/aromatic N) is 6. The van der Waals surface area contributed by atoms with Crippen molar-refractivity contribution in [3.63, 3.8) is 0 Å². The molecule has 0 aliphatic carbocycles. The van der Waals surface area contributed by atoms with Gasteiger partial charge in [0.05, 0.1) is 31.2 Å². The minimum Gasteiger partial charge on any atom is -0.398 e. The lowest BCUT2D eigenvalue weighted by Crippen LogP contribution is -2.39. The first-order valence-corrected chi connectivity index (χ1v) is 12.9. The summed E-state index contributed by atoms with van der Waals surface area (Å²) in [4.78, 5) is 0. The van der Waals surface area contributed by atoms with Crippen LogP contribution in [0.25, 0.3) is 0 Å². The van der Waals surface area contributed by atoms with Gasteiger partial charge in [-0.25, -0.2) is 9.36 Å². The predicted molar refractivity (Wildman–Crippen MR) is 152 cm³/mol. The van der Waals surface area contributed by atoms with E-state index in [1.54, 1.807) is 28.0 Å². The highest BCUT2D eigenvalue weighted by molar-refractivity contribution is 5.37. The lowest BCUT2D eigenvalue weighted by Gasteiger charge is -2.29. The molecular weight excluding hydrogens is 500 g/mol. The normalized spacial score (nSPS) is 11.7. The largest absolute Gasteiger partial charge is 0.398 e. The molecule has 5 aromatic rings. The molecule has 0 fully saturated rings. The van der Waals surface area contributed by atoms with Crippen LogP contribution in [0, 0.1) is 12.3 Å². The molecule has 40 heavy (non-hydrogen) atoms. The molecule has 0 saturated carbocycles. The highest BCUT2D eigenvalue weighted by atomic mass is 16.5. The van der Waals surface area contributed by atoms with E-state index >= 15 is 0 Å². The molecule has 2 heterocycles. The maximum absolute atomic E-state index is 6.80. The maximum Gasteiger partial charge on any atom is 0.200 e. The molecule has 3 aromatic carbocycles. The van der Waals surface area contributed by atoms with E-state index in [1.807, 2.05) is 91.0 Å². The molecule has 0 bridgehead atoms. The third kappa shape index (κ3) is 6.09. The van der Waals surface area contributed by atoms with Crippen molar-refractivity contribution in [3.8, 4) is 12.3 Å². The smallest absolute Gasteiger partial charge is 0.200 e. The predicted octanol–water partition coefficient (Wildman–Crippen LogP) is 3.45. The molecule has 200 valence electrons. The summed E-state index contributed by atoms with van der Waals surface area (Å²) in [5.74, 6) is 2.56. The van der Waals surface area contributed by atoms with Crippen molar-refractivity contribution >= 4 is 0 Å². The Kier molecular flexibility index (Phi) is 8.29. The molecule has 0 aliphatic heterocycles. The molecule has 9 heteroatoms. The number of ether oxygens (including phenoxy) is 1. The Morgan fingerprint density at radius 3 is 1.75 bits per heavy atom. The lowest BCUT2D eigenvalue weighted by molar-refractivity contribution is 0.0233. The van der Waals surface area contributed by atoms with Gasteiger partial charge in [0.1, 0.15) is 18.0 Å². The number of hydrogen-bond acceptors (Lipinski definition) is 7. The fraction of sp³-hybridized carbons (Fsp3) is 0.161. The first-order valence-electron chi connectivity index (χ1n) is 12.9. The molecule has 2 aromatic heterocycles. The second kappa shape index (κ2) is 12.6. The third-order valence-corrected chi connectivity index (χ3v) is 6.36. The zero-order chi connectivity index (χ0) is 27.6. The fourth-order valence-corrected chi connectivity index (χ4v) is 4.40. The van der Waals surface area contributed by atoms with Gasteiger partial charge in [-0.05, 0) is 16.7 Å². The quantitative estimate of drug-likeness (QED) is 0.238. The minimum atomic E-state index is -1.43. The first kappa shape index (κ1) is 26.4. The first-order chi connectivity index (χ1) is 19.7. The van der Waals surface area contributed by atoms with Gasteiger partial charge in [0.15, 0.2) is 0 Å². The second-order valence-corrected chi connectivity index (χ2v) is 9.21. The van der Waals surface area contributed by atoms with Gasteiger partial charge in [-0.3, -0.25) is 0 Å². The zero-order valence-electron chi connectivity index (χ0n) is 22.0. The minimum absolute atomic E-state index is 0.0374. The number of hydrogen-bond donors (Lipinski definition) is 2. The number of benzene rings is 3. The van der Waals surface area contributed by atoms with Crippen molar-refractivity contribution in [2.24, 2.45) is 5.73 Å². The summed E-state index contributed by atoms with van der Waals surface area (Å²) in [5.41, 5.74) is 9.83. The Labute approximate surface area is 233 Å². The molecule has 0 spiro atoms. The van der Waals surface area contributed by atoms with Gasteiger partial charge < -0.3 is 15.8 Å². The summed E-state index contributed by atoms with van der Waals surface area (Å²) in [6.45, 7) is 1.57. The van der Waals surface area contributed by atoms with E-state index in [4.69, 9.17) is 16.9 Å². The molecule has 0 atom stereocenters. The van der Waals surface area contributed by atoms with Gasteiger partial charge in [0.25, 0.3) is 0 Å². The Hall–Kier alpha value is -5.20. The molecule has 0 saturated heterocycles. The average molecular weight is 531 g/mol. The Morgan fingerprint density at radius 2 is 1.27 bits per heavy atom. The third-order valence-electron chi connectivity index (χ3n) is 6.36. The van der Waals surface area contributed by atoms with Crippen LogP contribution in [0.5, 0.6) is 0 Å². The van der Waals surface area contributed by atoms with Gasteiger partial charge >= 0.3 is 0 Å². The van der Waals surface area contributed by atoms with Crippen LogP contribution in [-0.4, -0.2) is 36.6 Å². The second-order valence-electron chi connectivity index (χ2n) is 9.21. The topological polar surface area (TPSA) is 109 Å². The van der Waals surface area contributed by atoms with E-state index in [-0.39, 0.29) is 6.61 Å². The molecule has 5 rings (SSSR count). The molecule has 9 nitrogen and oxygen atoms in total. The summed E-state index contributed by atoms with van der Waals surface area (Å²) >= 11 is 0. The van der Waals surface area contributed by atoms with E-state index < -0.39 is 5.60 Å². The number of nitrogens with two attached hydrogens (primary N) is 1. The van der Waals surface area contributed by atoms with Crippen LogP contribution in [0.4, 0.5) is 0 Å². The van der Waals surface area contributed by atoms with Crippen LogP contribution in [0.2, 0.25) is 0 Å². The van der Waals surface area contributed by atoms with E-state index in [0.717, 1.165) is 16.7 Å². The number of terminal acetylenes is 1. The van der Waals surface area contributed by atoms with Crippen molar-refractivity contribution in [1.29, 1.82) is 0 Å². The van der Waals surface area contributed by atoms with Crippen LogP contribution in [-0.2, 0) is 30.0 Å². The lowest BCUT2D eigenvalue weighted by atomic mass is 9.92. The van der Waals surface area contributed by atoms with Gasteiger partial charge in [-0.2, -0.15) is 0 Å². The summed E-state index contributed by atoms with van der Waals surface area (Å²) < 4.78 is 9.81. The highest BCUT2D eigenvalue weighted by Gasteiger charge is 2.44. The van der Waals surface area contributed by atoms with Crippen LogP contribution in [0.1, 0.15) is 28.1 Å². The van der Waals surface area contributed by atoms with Crippen molar-refractivity contribution in [2.45, 2.75) is 25.2 Å². The molecule has 0 aliphatic rings. The summed E-state index contributed by atoms with van der Waals surface area (Å²) in [6, 6.07) is 30.0. The van der Waals surface area contributed by atoms with E-state index in [1.165, 1.54) is 0 Å². The Bertz CT molecular complexity index is 1490. The fourth-order valence-electron chi connectivity index (χ4n) is 4.40. The maximum atomic E-state index is 6.80. The van der Waals surface area contributed by atoms with Gasteiger partial charge in [0, 0.05) is 12.7 Å². The summed E-state index contributed by atoms with van der Waals surface area (Å²) in [5, 5.41) is 21.0. The van der Waals surface area contributed by atoms with Gasteiger partial charge in [0.2, 0.25) is 5.60 Å². The van der Waals surface area contributed by atoms with Crippen LogP contribution in [0.15, 0.2) is 115 Å². The molecule has 3 N–H and O–H groups in total. The van der Waals surface area contributed by atoms with Crippen molar-refractivity contribution in [2.75, 3.05) is 6.61 Å². The summed E-state index contributed by atoms with van der Waals surface area (Å²) in [6.07, 6.45) is 11.0. The van der Waals surface area contributed by atoms with E-state index in [0.29, 0.717) is 36.7 Å². The Morgan fingerprint density at radius 1 is 0.800 bits per heavy atom. The van der Waals surface area contributed by atoms with Crippen molar-refractivity contribution in [3.05, 3.63) is 143 Å². The Balaban J connectivity index is 1.52. The zero-order valence-corrected chi connectivity index (χ0v) is 22.0. The molecule has 0 unspecified atom stereocenters.